The Morgan fingerprint density at radius 3 is 2.53 bits per heavy atom. The Labute approximate surface area is 110 Å². The summed E-state index contributed by atoms with van der Waals surface area (Å²) < 4.78 is 6.26. The van der Waals surface area contributed by atoms with Crippen LogP contribution in [0.25, 0.3) is 0 Å². The number of halogens is 1. The van der Waals surface area contributed by atoms with E-state index in [0.29, 0.717) is 13.2 Å². The Balaban J connectivity index is 1.67. The van der Waals surface area contributed by atoms with Gasteiger partial charge in [-0.15, -0.1) is 0 Å². The van der Waals surface area contributed by atoms with Crippen LogP contribution in [-0.4, -0.2) is 38.0 Å². The summed E-state index contributed by atoms with van der Waals surface area (Å²) in [4.78, 5) is 0. The minimum Gasteiger partial charge on any atom is -0.396 e. The molecule has 3 nitrogen and oxygen atoms in total. The summed E-state index contributed by atoms with van der Waals surface area (Å²) in [6.07, 6.45) is 1.01. The first kappa shape index (κ1) is 13.0. The zero-order valence-electron chi connectivity index (χ0n) is 9.79. The highest BCUT2D eigenvalue weighted by Gasteiger charge is 2.37. The highest BCUT2D eigenvalue weighted by molar-refractivity contribution is 9.10. The number of hydrogen-bond acceptors (Lipinski definition) is 3. The molecule has 0 aromatic heterocycles. The second-order valence-corrected chi connectivity index (χ2v) is 5.62. The van der Waals surface area contributed by atoms with Crippen LogP contribution in [0.5, 0.6) is 0 Å². The molecule has 0 aliphatic carbocycles. The summed E-state index contributed by atoms with van der Waals surface area (Å²) in [5.41, 5.74) is 1.29. The van der Waals surface area contributed by atoms with Gasteiger partial charge in [0.15, 0.2) is 0 Å². The van der Waals surface area contributed by atoms with E-state index in [9.17, 15) is 5.11 Å². The first-order chi connectivity index (χ1) is 8.24. The summed E-state index contributed by atoms with van der Waals surface area (Å²) in [6.45, 7) is 3.32. The molecule has 2 N–H and O–H groups in total. The molecule has 0 bridgehead atoms. The van der Waals surface area contributed by atoms with Crippen molar-refractivity contribution in [3.05, 3.63) is 34.3 Å². The fourth-order valence-corrected chi connectivity index (χ4v) is 2.14. The Kier molecular flexibility index (Phi) is 4.56. The summed E-state index contributed by atoms with van der Waals surface area (Å²) in [7, 11) is 0. The summed E-state index contributed by atoms with van der Waals surface area (Å²) in [5.74, 6) is 0. The minimum absolute atomic E-state index is 0.0281. The summed E-state index contributed by atoms with van der Waals surface area (Å²) >= 11 is 3.42. The van der Waals surface area contributed by atoms with Crippen LogP contribution in [0.2, 0.25) is 0 Å². The fraction of sp³-hybridized carbons (Fsp3) is 0.538. The van der Waals surface area contributed by atoms with E-state index in [4.69, 9.17) is 4.74 Å². The van der Waals surface area contributed by atoms with Gasteiger partial charge >= 0.3 is 0 Å². The smallest absolute Gasteiger partial charge is 0.0579 e. The molecule has 0 atom stereocenters. The molecular formula is C13H18BrNO2. The lowest BCUT2D eigenvalue weighted by Crippen LogP contribution is -2.52. The van der Waals surface area contributed by atoms with Crippen molar-refractivity contribution in [2.24, 2.45) is 5.41 Å². The van der Waals surface area contributed by atoms with E-state index < -0.39 is 0 Å². The van der Waals surface area contributed by atoms with Crippen LogP contribution in [0.3, 0.4) is 0 Å². The van der Waals surface area contributed by atoms with Gasteiger partial charge in [0.25, 0.3) is 0 Å². The van der Waals surface area contributed by atoms with Crippen molar-refractivity contribution in [1.82, 2.24) is 5.32 Å². The maximum Gasteiger partial charge on any atom is 0.0579 e. The number of rotatable bonds is 6. The predicted octanol–water partition coefficient (Wildman–Crippen LogP) is 1.59. The van der Waals surface area contributed by atoms with Gasteiger partial charge in [0.1, 0.15) is 0 Å². The molecule has 1 aliphatic rings. The topological polar surface area (TPSA) is 41.5 Å². The van der Waals surface area contributed by atoms with Crippen LogP contribution in [0.15, 0.2) is 28.7 Å². The highest BCUT2D eigenvalue weighted by atomic mass is 79.9. The summed E-state index contributed by atoms with van der Waals surface area (Å²) in [6, 6.07) is 8.37. The Bertz CT molecular complexity index is 343. The van der Waals surface area contributed by atoms with E-state index >= 15 is 0 Å². The van der Waals surface area contributed by atoms with Gasteiger partial charge < -0.3 is 15.2 Å². The maximum atomic E-state index is 9.26. The molecule has 1 aromatic carbocycles. The standard InChI is InChI=1S/C13H18BrNO2/c14-12-3-1-11(2-4-12)5-6-15-7-13(8-16)9-17-10-13/h1-4,15-16H,5-10H2. The number of aliphatic hydroxyl groups is 1. The largest absolute Gasteiger partial charge is 0.396 e. The molecule has 1 fully saturated rings. The van der Waals surface area contributed by atoms with E-state index in [1.807, 2.05) is 0 Å². The summed E-state index contributed by atoms with van der Waals surface area (Å²) in [5, 5.41) is 12.6. The average Bonchev–Trinajstić information content (AvgIpc) is 2.30. The number of aliphatic hydroxyl groups excluding tert-OH is 1. The number of hydrogen-bond donors (Lipinski definition) is 2. The van der Waals surface area contributed by atoms with Gasteiger partial charge in [-0.05, 0) is 30.7 Å². The van der Waals surface area contributed by atoms with Crippen LogP contribution in [0.1, 0.15) is 5.56 Å². The number of nitrogens with one attached hydrogen (secondary N) is 1. The first-order valence-corrected chi connectivity index (χ1v) is 6.67. The van der Waals surface area contributed by atoms with Gasteiger partial charge in [-0.25, -0.2) is 0 Å². The maximum absolute atomic E-state index is 9.26. The molecule has 1 heterocycles. The van der Waals surface area contributed by atoms with Crippen molar-refractivity contribution in [3.8, 4) is 0 Å². The molecule has 2 rings (SSSR count). The second kappa shape index (κ2) is 5.96. The van der Waals surface area contributed by atoms with Crippen molar-refractivity contribution >= 4 is 15.9 Å². The van der Waals surface area contributed by atoms with E-state index in [-0.39, 0.29) is 12.0 Å². The molecule has 0 amide bonds. The quantitative estimate of drug-likeness (QED) is 0.784. The van der Waals surface area contributed by atoms with Gasteiger partial charge in [-0.1, -0.05) is 28.1 Å². The van der Waals surface area contributed by atoms with Crippen LogP contribution in [0, 0.1) is 5.41 Å². The molecule has 0 spiro atoms. The van der Waals surface area contributed by atoms with Crippen LogP contribution in [-0.2, 0) is 11.2 Å². The average molecular weight is 300 g/mol. The fourth-order valence-electron chi connectivity index (χ4n) is 1.88. The molecule has 0 saturated carbocycles. The van der Waals surface area contributed by atoms with Crippen molar-refractivity contribution in [3.63, 3.8) is 0 Å². The Morgan fingerprint density at radius 1 is 1.29 bits per heavy atom. The van der Waals surface area contributed by atoms with E-state index in [0.717, 1.165) is 24.0 Å². The molecule has 1 aliphatic heterocycles. The minimum atomic E-state index is -0.0281. The SMILES string of the molecule is OCC1(CNCCc2ccc(Br)cc2)COC1. The van der Waals surface area contributed by atoms with Crippen LogP contribution < -0.4 is 5.32 Å². The van der Waals surface area contributed by atoms with Crippen LogP contribution in [0.4, 0.5) is 0 Å². The molecule has 0 unspecified atom stereocenters. The molecular weight excluding hydrogens is 282 g/mol. The van der Waals surface area contributed by atoms with E-state index in [1.165, 1.54) is 5.56 Å². The van der Waals surface area contributed by atoms with Crippen LogP contribution >= 0.6 is 15.9 Å². The van der Waals surface area contributed by atoms with Gasteiger partial charge in [0, 0.05) is 11.0 Å². The molecule has 17 heavy (non-hydrogen) atoms. The highest BCUT2D eigenvalue weighted by Crippen LogP contribution is 2.25. The van der Waals surface area contributed by atoms with Gasteiger partial charge in [-0.3, -0.25) is 0 Å². The van der Waals surface area contributed by atoms with Gasteiger partial charge in [0.05, 0.1) is 25.2 Å². The predicted molar refractivity (Wildman–Crippen MR) is 71.1 cm³/mol. The third-order valence-corrected chi connectivity index (χ3v) is 3.68. The molecule has 94 valence electrons. The van der Waals surface area contributed by atoms with E-state index in [2.05, 4.69) is 45.5 Å². The first-order valence-electron chi connectivity index (χ1n) is 5.88. The lowest BCUT2D eigenvalue weighted by atomic mass is 9.87. The van der Waals surface area contributed by atoms with Crippen molar-refractivity contribution in [1.29, 1.82) is 0 Å². The molecule has 4 heteroatoms. The number of ether oxygens (including phenoxy) is 1. The molecule has 1 saturated heterocycles. The molecule has 0 radical (unpaired) electrons. The van der Waals surface area contributed by atoms with Gasteiger partial charge in [0.2, 0.25) is 0 Å². The zero-order valence-corrected chi connectivity index (χ0v) is 11.4. The lowest BCUT2D eigenvalue weighted by molar-refractivity contribution is -0.134. The third kappa shape index (κ3) is 3.52. The normalized spacial score (nSPS) is 17.8. The van der Waals surface area contributed by atoms with Crippen molar-refractivity contribution < 1.29 is 9.84 Å². The van der Waals surface area contributed by atoms with Gasteiger partial charge in [-0.2, -0.15) is 0 Å². The zero-order chi connectivity index (χ0) is 12.1. The lowest BCUT2D eigenvalue weighted by Gasteiger charge is -2.40. The molecule has 1 aromatic rings. The third-order valence-electron chi connectivity index (χ3n) is 3.16. The van der Waals surface area contributed by atoms with Crippen molar-refractivity contribution in [2.45, 2.75) is 6.42 Å². The Hall–Kier alpha value is -0.420. The second-order valence-electron chi connectivity index (χ2n) is 4.70. The van der Waals surface area contributed by atoms with E-state index in [1.54, 1.807) is 0 Å². The monoisotopic (exact) mass is 299 g/mol. The Morgan fingerprint density at radius 2 is 2.00 bits per heavy atom. The number of benzene rings is 1. The van der Waals surface area contributed by atoms with Crippen molar-refractivity contribution in [2.75, 3.05) is 32.9 Å².